The minimum Gasteiger partial charge on any atom is -0.480 e. The van der Waals surface area contributed by atoms with Gasteiger partial charge in [-0.25, -0.2) is 4.79 Å². The van der Waals surface area contributed by atoms with E-state index in [2.05, 4.69) is 5.32 Å². The Bertz CT molecular complexity index is 774. The van der Waals surface area contributed by atoms with Gasteiger partial charge < -0.3 is 20.2 Å². The van der Waals surface area contributed by atoms with Crippen LogP contribution < -0.4 is 5.32 Å². The fourth-order valence-corrected chi connectivity index (χ4v) is 5.15. The molecule has 8 heteroatoms. The lowest BCUT2D eigenvalue weighted by Crippen LogP contribution is -2.57. The monoisotopic (exact) mass is 435 g/mol. The van der Waals surface area contributed by atoms with E-state index in [1.54, 1.807) is 4.90 Å². The number of amides is 2. The summed E-state index contributed by atoms with van der Waals surface area (Å²) in [6.07, 6.45) is 4.15. The third-order valence-electron chi connectivity index (χ3n) is 6.82. The van der Waals surface area contributed by atoms with Crippen LogP contribution in [0.1, 0.15) is 44.1 Å². The lowest BCUT2D eigenvalue weighted by molar-refractivity contribution is -0.152. The van der Waals surface area contributed by atoms with Gasteiger partial charge in [0.1, 0.15) is 6.04 Å². The van der Waals surface area contributed by atoms with Crippen LogP contribution in [0.15, 0.2) is 30.3 Å². The first-order chi connectivity index (χ1) is 14.0. The Morgan fingerprint density at radius 3 is 2.30 bits per heavy atom. The van der Waals surface area contributed by atoms with E-state index in [0.717, 1.165) is 24.9 Å². The van der Waals surface area contributed by atoms with Gasteiger partial charge in [0.05, 0.1) is 11.5 Å². The van der Waals surface area contributed by atoms with E-state index >= 15 is 0 Å². The van der Waals surface area contributed by atoms with Crippen molar-refractivity contribution in [2.24, 2.45) is 0 Å². The van der Waals surface area contributed by atoms with Crippen LogP contribution in [0.25, 0.3) is 0 Å². The summed E-state index contributed by atoms with van der Waals surface area (Å²) in [5.74, 6) is -0.903. The van der Waals surface area contributed by atoms with Gasteiger partial charge in [-0.1, -0.05) is 30.3 Å². The molecule has 3 aliphatic rings. The molecule has 0 spiro atoms. The van der Waals surface area contributed by atoms with Crippen molar-refractivity contribution in [3.8, 4) is 0 Å². The fraction of sp³-hybridized carbons (Fsp3) is 0.591. The molecule has 4 rings (SSSR count). The van der Waals surface area contributed by atoms with Crippen molar-refractivity contribution in [3.05, 3.63) is 35.9 Å². The van der Waals surface area contributed by atoms with Crippen molar-refractivity contribution in [2.45, 2.75) is 56.0 Å². The highest BCUT2D eigenvalue weighted by molar-refractivity contribution is 5.92. The van der Waals surface area contributed by atoms with Gasteiger partial charge >= 0.3 is 5.97 Å². The molecule has 0 radical (unpaired) electrons. The highest BCUT2D eigenvalue weighted by Gasteiger charge is 2.49. The van der Waals surface area contributed by atoms with Crippen LogP contribution in [0.2, 0.25) is 0 Å². The molecule has 164 valence electrons. The standard InChI is InChI=1S/C22H29N3O4.ClH/c26-19(17-8-4-12-23-17)24-14-10-22(11-15-24,16-6-2-1-3-7-16)21(29)25-13-5-9-18(25)20(27)28;/h1-3,6-7,17-18,23H,4-5,8-15H2,(H,27,28);1H/t17-,18-;/m0./s1. The molecule has 3 aliphatic heterocycles. The summed E-state index contributed by atoms with van der Waals surface area (Å²) in [5, 5.41) is 12.8. The van der Waals surface area contributed by atoms with Crippen molar-refractivity contribution < 1.29 is 19.5 Å². The van der Waals surface area contributed by atoms with Crippen LogP contribution in [0.5, 0.6) is 0 Å². The zero-order valence-corrected chi connectivity index (χ0v) is 17.9. The van der Waals surface area contributed by atoms with Gasteiger partial charge in [0.2, 0.25) is 11.8 Å². The summed E-state index contributed by atoms with van der Waals surface area (Å²) in [5.41, 5.74) is 0.159. The predicted octanol–water partition coefficient (Wildman–Crippen LogP) is 1.80. The number of rotatable bonds is 4. The molecule has 7 nitrogen and oxygen atoms in total. The number of benzene rings is 1. The Labute approximate surface area is 183 Å². The Kier molecular flexibility index (Phi) is 7.03. The lowest BCUT2D eigenvalue weighted by Gasteiger charge is -2.44. The Hall–Kier alpha value is -2.12. The van der Waals surface area contributed by atoms with Crippen LogP contribution in [0, 0.1) is 0 Å². The molecular weight excluding hydrogens is 406 g/mol. The summed E-state index contributed by atoms with van der Waals surface area (Å²) >= 11 is 0. The second kappa shape index (κ2) is 9.35. The highest BCUT2D eigenvalue weighted by atomic mass is 35.5. The van der Waals surface area contributed by atoms with E-state index in [1.165, 1.54) is 0 Å². The minimum absolute atomic E-state index is 0. The zero-order valence-electron chi connectivity index (χ0n) is 17.1. The highest BCUT2D eigenvalue weighted by Crippen LogP contribution is 2.39. The number of nitrogens with zero attached hydrogens (tertiary/aromatic N) is 2. The average Bonchev–Trinajstić information content (AvgIpc) is 3.45. The van der Waals surface area contributed by atoms with E-state index in [1.807, 2.05) is 35.2 Å². The molecule has 3 heterocycles. The number of carboxylic acid groups (broad SMARTS) is 1. The predicted molar refractivity (Wildman–Crippen MR) is 115 cm³/mol. The number of carbonyl (C=O) groups excluding carboxylic acids is 2. The van der Waals surface area contributed by atoms with Crippen molar-refractivity contribution in [3.63, 3.8) is 0 Å². The fourth-order valence-electron chi connectivity index (χ4n) is 5.15. The molecule has 30 heavy (non-hydrogen) atoms. The Morgan fingerprint density at radius 1 is 1.00 bits per heavy atom. The largest absolute Gasteiger partial charge is 0.480 e. The van der Waals surface area contributed by atoms with Gasteiger partial charge in [-0.2, -0.15) is 0 Å². The van der Waals surface area contributed by atoms with E-state index < -0.39 is 17.4 Å². The minimum atomic E-state index is -0.931. The normalized spacial score (nSPS) is 25.6. The maximum absolute atomic E-state index is 13.7. The molecule has 2 amide bonds. The van der Waals surface area contributed by atoms with E-state index in [0.29, 0.717) is 45.3 Å². The second-order valence-electron chi connectivity index (χ2n) is 8.42. The molecule has 1 aromatic rings. The number of hydrogen-bond donors (Lipinski definition) is 2. The number of carboxylic acids is 1. The van der Waals surface area contributed by atoms with Gasteiger partial charge in [0, 0.05) is 19.6 Å². The number of likely N-dealkylation sites (tertiary alicyclic amines) is 2. The van der Waals surface area contributed by atoms with Gasteiger partial charge in [0.25, 0.3) is 0 Å². The van der Waals surface area contributed by atoms with Crippen LogP contribution in [0.3, 0.4) is 0 Å². The topological polar surface area (TPSA) is 90.0 Å². The first kappa shape index (κ1) is 22.6. The molecule has 0 aromatic heterocycles. The van der Waals surface area contributed by atoms with Crippen molar-refractivity contribution in [2.75, 3.05) is 26.2 Å². The molecule has 0 aliphatic carbocycles. The average molecular weight is 436 g/mol. The van der Waals surface area contributed by atoms with Crippen LogP contribution >= 0.6 is 12.4 Å². The smallest absolute Gasteiger partial charge is 0.326 e. The summed E-state index contributed by atoms with van der Waals surface area (Å²) in [6, 6.07) is 8.82. The Morgan fingerprint density at radius 2 is 1.70 bits per heavy atom. The number of aliphatic carboxylic acids is 1. The van der Waals surface area contributed by atoms with E-state index in [-0.39, 0.29) is 30.3 Å². The molecule has 1 aromatic carbocycles. The molecule has 2 atom stereocenters. The first-order valence-electron chi connectivity index (χ1n) is 10.6. The number of halogens is 1. The number of piperidine rings is 1. The van der Waals surface area contributed by atoms with Crippen molar-refractivity contribution in [1.82, 2.24) is 15.1 Å². The van der Waals surface area contributed by atoms with E-state index in [4.69, 9.17) is 0 Å². The SMILES string of the molecule is Cl.O=C(O)[C@@H]1CCCN1C(=O)C1(c2ccccc2)CCN(C(=O)[C@@H]2CCCN2)CC1. The second-order valence-corrected chi connectivity index (χ2v) is 8.42. The quantitative estimate of drug-likeness (QED) is 0.752. The maximum atomic E-state index is 13.7. The summed E-state index contributed by atoms with van der Waals surface area (Å²) in [6.45, 7) is 2.40. The number of nitrogens with one attached hydrogen (secondary N) is 1. The van der Waals surface area contributed by atoms with Crippen LogP contribution in [-0.4, -0.2) is 71.0 Å². The van der Waals surface area contributed by atoms with Gasteiger partial charge in [-0.05, 0) is 50.6 Å². The first-order valence-corrected chi connectivity index (χ1v) is 10.6. The lowest BCUT2D eigenvalue weighted by atomic mass is 9.71. The van der Waals surface area contributed by atoms with Crippen molar-refractivity contribution >= 4 is 30.2 Å². The Balaban J connectivity index is 0.00000256. The summed E-state index contributed by atoms with van der Waals surface area (Å²) < 4.78 is 0. The van der Waals surface area contributed by atoms with Gasteiger partial charge in [-0.3, -0.25) is 9.59 Å². The summed E-state index contributed by atoms with van der Waals surface area (Å²) in [7, 11) is 0. The number of hydrogen-bond acceptors (Lipinski definition) is 4. The third kappa shape index (κ3) is 4.05. The zero-order chi connectivity index (χ0) is 20.4. The third-order valence-corrected chi connectivity index (χ3v) is 6.82. The molecule has 3 saturated heterocycles. The molecule has 0 unspecified atom stereocenters. The van der Waals surface area contributed by atoms with Crippen LogP contribution in [-0.2, 0) is 19.8 Å². The maximum Gasteiger partial charge on any atom is 0.326 e. The molecule has 0 saturated carbocycles. The van der Waals surface area contributed by atoms with Crippen LogP contribution in [0.4, 0.5) is 0 Å². The van der Waals surface area contributed by atoms with Gasteiger partial charge in [0.15, 0.2) is 0 Å². The van der Waals surface area contributed by atoms with E-state index in [9.17, 15) is 19.5 Å². The summed E-state index contributed by atoms with van der Waals surface area (Å²) in [4.78, 5) is 41.6. The van der Waals surface area contributed by atoms with Crippen molar-refractivity contribution in [1.29, 1.82) is 0 Å². The number of carbonyl (C=O) groups is 3. The molecular formula is C22H30ClN3O4. The molecule has 2 N–H and O–H groups in total. The molecule has 3 fully saturated rings. The van der Waals surface area contributed by atoms with Gasteiger partial charge in [-0.15, -0.1) is 12.4 Å². The molecule has 0 bridgehead atoms.